The minimum absolute atomic E-state index is 0.640. The molecular weight excluding hydrogens is 200 g/mol. The van der Waals surface area contributed by atoms with Crippen LogP contribution in [-0.4, -0.2) is 16.4 Å². The summed E-state index contributed by atoms with van der Waals surface area (Å²) in [7, 11) is 1.95. The molecule has 3 heteroatoms. The highest BCUT2D eigenvalue weighted by Gasteiger charge is 2.07. The average molecular weight is 216 g/mol. The number of hydrogen-bond acceptors (Lipinski definition) is 2. The summed E-state index contributed by atoms with van der Waals surface area (Å²) in [6, 6.07) is 6.15. The van der Waals surface area contributed by atoms with Crippen molar-refractivity contribution in [3.8, 4) is 0 Å². The first-order chi connectivity index (χ1) is 7.63. The zero-order valence-corrected chi connectivity index (χ0v) is 9.95. The van der Waals surface area contributed by atoms with Gasteiger partial charge in [-0.3, -0.25) is 4.68 Å². The van der Waals surface area contributed by atoms with Gasteiger partial charge >= 0.3 is 0 Å². The number of fused-ring (bicyclic) bond motifs is 1. The van der Waals surface area contributed by atoms with Crippen molar-refractivity contribution in [1.82, 2.24) is 9.78 Å². The molecule has 0 spiro atoms. The molecule has 0 aliphatic heterocycles. The van der Waals surface area contributed by atoms with Crippen molar-refractivity contribution in [3.05, 3.63) is 36.0 Å². The molecule has 1 aromatic heterocycles. The van der Waals surface area contributed by atoms with E-state index in [0.717, 1.165) is 16.8 Å². The van der Waals surface area contributed by atoms with Gasteiger partial charge in [-0.05, 0) is 19.9 Å². The molecule has 0 radical (unpaired) electrons. The Morgan fingerprint density at radius 3 is 2.94 bits per heavy atom. The molecule has 0 N–H and O–H groups in total. The molecule has 1 aromatic carbocycles. The summed E-state index contributed by atoms with van der Waals surface area (Å²) < 4.78 is 7.28. The SMILES string of the molecule is C=C(OCC)c1ccc2c(C)nn(C)c2c1. The highest BCUT2D eigenvalue weighted by molar-refractivity contribution is 5.84. The van der Waals surface area contributed by atoms with Crippen LogP contribution in [0.3, 0.4) is 0 Å². The second-order valence-electron chi connectivity index (χ2n) is 3.80. The highest BCUT2D eigenvalue weighted by atomic mass is 16.5. The standard InChI is InChI=1S/C13H16N2O/c1-5-16-10(3)11-6-7-12-9(2)14-15(4)13(12)8-11/h6-8H,3,5H2,1-2,4H3. The van der Waals surface area contributed by atoms with Crippen LogP contribution in [0.25, 0.3) is 16.7 Å². The predicted octanol–water partition coefficient (Wildman–Crippen LogP) is 2.89. The Kier molecular flexibility index (Phi) is 2.69. The van der Waals surface area contributed by atoms with Crippen molar-refractivity contribution in [3.63, 3.8) is 0 Å². The van der Waals surface area contributed by atoms with Crippen LogP contribution in [0.15, 0.2) is 24.8 Å². The second-order valence-corrected chi connectivity index (χ2v) is 3.80. The van der Waals surface area contributed by atoms with E-state index in [-0.39, 0.29) is 0 Å². The minimum atomic E-state index is 0.640. The fourth-order valence-corrected chi connectivity index (χ4v) is 1.87. The van der Waals surface area contributed by atoms with E-state index in [1.807, 2.05) is 31.6 Å². The smallest absolute Gasteiger partial charge is 0.119 e. The lowest BCUT2D eigenvalue weighted by Crippen LogP contribution is -1.92. The molecular formula is C13H16N2O. The number of aryl methyl sites for hydroxylation is 2. The van der Waals surface area contributed by atoms with Crippen LogP contribution in [0.5, 0.6) is 0 Å². The summed E-state index contributed by atoms with van der Waals surface area (Å²) in [5.74, 6) is 0.711. The van der Waals surface area contributed by atoms with E-state index < -0.39 is 0 Å². The normalized spacial score (nSPS) is 10.7. The lowest BCUT2D eigenvalue weighted by Gasteiger charge is -2.07. The maximum Gasteiger partial charge on any atom is 0.119 e. The lowest BCUT2D eigenvalue weighted by atomic mass is 10.1. The van der Waals surface area contributed by atoms with Gasteiger partial charge in [0, 0.05) is 18.0 Å². The van der Waals surface area contributed by atoms with Crippen molar-refractivity contribution in [2.75, 3.05) is 6.61 Å². The molecule has 0 aliphatic carbocycles. The van der Waals surface area contributed by atoms with Gasteiger partial charge in [-0.25, -0.2) is 0 Å². The lowest BCUT2D eigenvalue weighted by molar-refractivity contribution is 0.299. The number of rotatable bonds is 3. The fraction of sp³-hybridized carbons (Fsp3) is 0.308. The summed E-state index contributed by atoms with van der Waals surface area (Å²) in [6.45, 7) is 8.52. The van der Waals surface area contributed by atoms with Gasteiger partial charge in [0.25, 0.3) is 0 Å². The van der Waals surface area contributed by atoms with Crippen molar-refractivity contribution in [2.24, 2.45) is 7.05 Å². The van der Waals surface area contributed by atoms with E-state index in [9.17, 15) is 0 Å². The fourth-order valence-electron chi connectivity index (χ4n) is 1.87. The summed E-state index contributed by atoms with van der Waals surface area (Å²) >= 11 is 0. The number of ether oxygens (including phenoxy) is 1. The monoisotopic (exact) mass is 216 g/mol. The van der Waals surface area contributed by atoms with Crippen LogP contribution in [0.2, 0.25) is 0 Å². The molecule has 0 saturated heterocycles. The maximum atomic E-state index is 5.40. The first kappa shape index (κ1) is 10.7. The van der Waals surface area contributed by atoms with Crippen molar-refractivity contribution >= 4 is 16.7 Å². The van der Waals surface area contributed by atoms with Crippen molar-refractivity contribution in [2.45, 2.75) is 13.8 Å². The molecule has 0 fully saturated rings. The maximum absolute atomic E-state index is 5.40. The van der Waals surface area contributed by atoms with Gasteiger partial charge < -0.3 is 4.74 Å². The first-order valence-corrected chi connectivity index (χ1v) is 5.39. The molecule has 0 bridgehead atoms. The largest absolute Gasteiger partial charge is 0.494 e. The van der Waals surface area contributed by atoms with Gasteiger partial charge in [0.2, 0.25) is 0 Å². The van der Waals surface area contributed by atoms with Gasteiger partial charge in [-0.1, -0.05) is 18.7 Å². The Balaban J connectivity index is 2.51. The van der Waals surface area contributed by atoms with Gasteiger partial charge in [0.1, 0.15) is 5.76 Å². The Morgan fingerprint density at radius 1 is 1.50 bits per heavy atom. The zero-order valence-electron chi connectivity index (χ0n) is 9.95. The van der Waals surface area contributed by atoms with E-state index in [1.54, 1.807) is 0 Å². The molecule has 1 heterocycles. The first-order valence-electron chi connectivity index (χ1n) is 5.39. The summed E-state index contributed by atoms with van der Waals surface area (Å²) in [4.78, 5) is 0. The van der Waals surface area contributed by atoms with E-state index in [2.05, 4.69) is 23.8 Å². The second kappa shape index (κ2) is 4.00. The van der Waals surface area contributed by atoms with Crippen molar-refractivity contribution in [1.29, 1.82) is 0 Å². The quantitative estimate of drug-likeness (QED) is 0.738. The van der Waals surface area contributed by atoms with E-state index in [0.29, 0.717) is 12.4 Å². The molecule has 2 aromatic rings. The molecule has 3 nitrogen and oxygen atoms in total. The summed E-state index contributed by atoms with van der Waals surface area (Å²) in [5, 5.41) is 5.56. The summed E-state index contributed by atoms with van der Waals surface area (Å²) in [5.41, 5.74) is 3.17. The predicted molar refractivity (Wildman–Crippen MR) is 66.1 cm³/mol. The third-order valence-corrected chi connectivity index (χ3v) is 2.68. The number of nitrogens with zero attached hydrogens (tertiary/aromatic N) is 2. The van der Waals surface area contributed by atoms with Crippen LogP contribution in [0.4, 0.5) is 0 Å². The molecule has 0 atom stereocenters. The van der Waals surface area contributed by atoms with Crippen LogP contribution in [0, 0.1) is 6.92 Å². The minimum Gasteiger partial charge on any atom is -0.494 e. The zero-order chi connectivity index (χ0) is 11.7. The van der Waals surface area contributed by atoms with Crippen molar-refractivity contribution < 1.29 is 4.74 Å². The van der Waals surface area contributed by atoms with Crippen LogP contribution >= 0.6 is 0 Å². The Hall–Kier alpha value is -1.77. The van der Waals surface area contributed by atoms with Gasteiger partial charge in [0.15, 0.2) is 0 Å². The molecule has 16 heavy (non-hydrogen) atoms. The Morgan fingerprint density at radius 2 is 2.25 bits per heavy atom. The highest BCUT2D eigenvalue weighted by Crippen LogP contribution is 2.22. The number of hydrogen-bond donors (Lipinski definition) is 0. The Labute approximate surface area is 95.3 Å². The van der Waals surface area contributed by atoms with Crippen LogP contribution < -0.4 is 0 Å². The third kappa shape index (κ3) is 1.69. The molecule has 0 unspecified atom stereocenters. The number of benzene rings is 1. The third-order valence-electron chi connectivity index (χ3n) is 2.68. The van der Waals surface area contributed by atoms with Gasteiger partial charge in [-0.15, -0.1) is 0 Å². The van der Waals surface area contributed by atoms with Crippen LogP contribution in [-0.2, 0) is 11.8 Å². The van der Waals surface area contributed by atoms with Gasteiger partial charge in [-0.2, -0.15) is 5.10 Å². The molecule has 84 valence electrons. The molecule has 2 rings (SSSR count). The van der Waals surface area contributed by atoms with Crippen LogP contribution in [0.1, 0.15) is 18.2 Å². The van der Waals surface area contributed by atoms with E-state index in [4.69, 9.17) is 4.74 Å². The van der Waals surface area contributed by atoms with Gasteiger partial charge in [0.05, 0.1) is 17.8 Å². The molecule has 0 saturated carbocycles. The average Bonchev–Trinajstić information content (AvgIpc) is 2.55. The topological polar surface area (TPSA) is 27.1 Å². The molecule has 0 aliphatic rings. The Bertz CT molecular complexity index is 540. The van der Waals surface area contributed by atoms with E-state index in [1.165, 1.54) is 5.39 Å². The summed E-state index contributed by atoms with van der Waals surface area (Å²) in [6.07, 6.45) is 0. The number of aromatic nitrogens is 2. The molecule has 0 amide bonds. The van der Waals surface area contributed by atoms with E-state index >= 15 is 0 Å².